The number of rotatable bonds is 11. The molecule has 3 N–H and O–H groups in total. The fourth-order valence-electron chi connectivity index (χ4n) is 5.83. The molecule has 5 rings (SSSR count). The van der Waals surface area contributed by atoms with Gasteiger partial charge >= 0.3 is 6.03 Å². The predicted molar refractivity (Wildman–Crippen MR) is 173 cm³/mol. The second kappa shape index (κ2) is 14.2. The average Bonchev–Trinajstić information content (AvgIpc) is 3.46. The normalized spacial score (nSPS) is 14.2. The van der Waals surface area contributed by atoms with Crippen molar-refractivity contribution in [1.82, 2.24) is 19.9 Å². The number of hydrogen-bond acceptors (Lipinski definition) is 6. The number of aryl methyl sites for hydroxylation is 1. The number of carbonyl (C=O) groups is 2. The first-order chi connectivity index (χ1) is 21.7. The quantitative estimate of drug-likeness (QED) is 0.211. The van der Waals surface area contributed by atoms with Crippen molar-refractivity contribution in [3.05, 3.63) is 94.7 Å². The number of nitrogens with zero attached hydrogens (tertiary/aromatic N) is 1. The van der Waals surface area contributed by atoms with Crippen LogP contribution in [0.2, 0.25) is 0 Å². The van der Waals surface area contributed by atoms with Gasteiger partial charge in [0.15, 0.2) is 0 Å². The predicted octanol–water partition coefficient (Wildman–Crippen LogP) is 5.12. The monoisotopic (exact) mass is 632 g/mol. The number of nitrogens with one attached hydrogen (secondary N) is 3. The van der Waals surface area contributed by atoms with Crippen molar-refractivity contribution in [2.24, 2.45) is 0 Å². The molecule has 0 aliphatic carbocycles. The fraction of sp³-hybridized carbons (Fsp3) is 0.353. The van der Waals surface area contributed by atoms with Crippen molar-refractivity contribution in [3.63, 3.8) is 0 Å². The number of amides is 3. The second-order valence-electron chi connectivity index (χ2n) is 11.2. The van der Waals surface area contributed by atoms with Crippen molar-refractivity contribution in [1.29, 1.82) is 0 Å². The van der Waals surface area contributed by atoms with E-state index in [1.54, 1.807) is 49.3 Å². The highest BCUT2D eigenvalue weighted by Gasteiger charge is 2.25. The SMILES string of the molecule is CCCC(c1ccc(C(=O)NS(=O)(=O)c2ccccc2C)cc1OC)c1c[nH]c2ccc(CCNC(=O)N3CCOCC3)cc12. The summed E-state index contributed by atoms with van der Waals surface area (Å²) in [6.07, 6.45) is 4.44. The van der Waals surface area contributed by atoms with Gasteiger partial charge in [0.05, 0.1) is 25.2 Å². The Hall–Kier alpha value is -4.35. The van der Waals surface area contributed by atoms with Crippen LogP contribution in [-0.4, -0.2) is 70.2 Å². The van der Waals surface area contributed by atoms with Gasteiger partial charge in [0, 0.05) is 53.8 Å². The highest BCUT2D eigenvalue weighted by molar-refractivity contribution is 7.90. The van der Waals surface area contributed by atoms with Crippen molar-refractivity contribution >= 4 is 32.9 Å². The van der Waals surface area contributed by atoms with Gasteiger partial charge < -0.3 is 24.7 Å². The molecule has 0 radical (unpaired) electrons. The number of hydrogen-bond donors (Lipinski definition) is 3. The molecule has 1 unspecified atom stereocenters. The van der Waals surface area contributed by atoms with Crippen LogP contribution in [0.1, 0.15) is 58.3 Å². The smallest absolute Gasteiger partial charge is 0.317 e. The molecule has 3 aromatic carbocycles. The molecule has 11 heteroatoms. The molecule has 0 spiro atoms. The van der Waals surface area contributed by atoms with Gasteiger partial charge in [-0.05, 0) is 66.8 Å². The van der Waals surface area contributed by atoms with Gasteiger partial charge in [-0.25, -0.2) is 17.9 Å². The Bertz CT molecular complexity index is 1780. The maximum atomic E-state index is 13.1. The van der Waals surface area contributed by atoms with Crippen LogP contribution in [0.15, 0.2) is 71.8 Å². The third kappa shape index (κ3) is 7.32. The maximum Gasteiger partial charge on any atom is 0.317 e. The number of methoxy groups -OCH3 is 1. The van der Waals surface area contributed by atoms with Gasteiger partial charge in [0.2, 0.25) is 0 Å². The number of carbonyl (C=O) groups excluding carboxylic acids is 2. The van der Waals surface area contributed by atoms with Crippen LogP contribution in [0, 0.1) is 6.92 Å². The number of ether oxygens (including phenoxy) is 2. The summed E-state index contributed by atoms with van der Waals surface area (Å²) in [4.78, 5) is 30.8. The molecule has 1 aliphatic rings. The second-order valence-corrected chi connectivity index (χ2v) is 12.9. The third-order valence-corrected chi connectivity index (χ3v) is 9.69. The number of urea groups is 1. The zero-order chi connectivity index (χ0) is 32.0. The Morgan fingerprint density at radius 1 is 1.04 bits per heavy atom. The van der Waals surface area contributed by atoms with Crippen LogP contribution < -0.4 is 14.8 Å². The molecule has 1 fully saturated rings. The lowest BCUT2D eigenvalue weighted by molar-refractivity contribution is 0.0533. The van der Waals surface area contributed by atoms with E-state index in [1.165, 1.54) is 6.07 Å². The first-order valence-corrected chi connectivity index (χ1v) is 16.7. The molecular formula is C34H40N4O6S. The van der Waals surface area contributed by atoms with E-state index >= 15 is 0 Å². The number of morpholine rings is 1. The van der Waals surface area contributed by atoms with Crippen molar-refractivity contribution < 1.29 is 27.5 Å². The molecule has 3 amide bonds. The van der Waals surface area contributed by atoms with E-state index in [-0.39, 0.29) is 22.4 Å². The lowest BCUT2D eigenvalue weighted by Crippen LogP contribution is -2.46. The summed E-state index contributed by atoms with van der Waals surface area (Å²) in [5, 5.41) is 4.10. The number of benzene rings is 3. The lowest BCUT2D eigenvalue weighted by Gasteiger charge is -2.26. The number of aromatic amines is 1. The minimum Gasteiger partial charge on any atom is -0.496 e. The number of H-pyrrole nitrogens is 1. The van der Waals surface area contributed by atoms with Crippen molar-refractivity contribution in [3.8, 4) is 5.75 Å². The number of aromatic nitrogens is 1. The Labute approximate surface area is 264 Å². The van der Waals surface area contributed by atoms with Gasteiger partial charge in [0.1, 0.15) is 5.75 Å². The first-order valence-electron chi connectivity index (χ1n) is 15.2. The molecule has 1 saturated heterocycles. The summed E-state index contributed by atoms with van der Waals surface area (Å²) < 4.78 is 39.2. The molecule has 1 aliphatic heterocycles. The maximum absolute atomic E-state index is 13.1. The molecule has 0 bridgehead atoms. The van der Waals surface area contributed by atoms with Gasteiger partial charge in [0.25, 0.3) is 15.9 Å². The van der Waals surface area contributed by atoms with Crippen LogP contribution in [0.25, 0.3) is 10.9 Å². The van der Waals surface area contributed by atoms with E-state index in [0.717, 1.165) is 40.4 Å². The minimum absolute atomic E-state index is 0.0391. The van der Waals surface area contributed by atoms with Gasteiger partial charge in [-0.15, -0.1) is 0 Å². The van der Waals surface area contributed by atoms with E-state index in [2.05, 4.69) is 40.1 Å². The Morgan fingerprint density at radius 3 is 2.56 bits per heavy atom. The van der Waals surface area contributed by atoms with Gasteiger partial charge in [-0.3, -0.25) is 4.79 Å². The molecule has 1 atom stereocenters. The highest BCUT2D eigenvalue weighted by Crippen LogP contribution is 2.39. The summed E-state index contributed by atoms with van der Waals surface area (Å²) in [6.45, 7) is 6.66. The first kappa shape index (κ1) is 32.1. The fourth-order valence-corrected chi connectivity index (χ4v) is 7.05. The summed E-state index contributed by atoms with van der Waals surface area (Å²) in [6, 6.07) is 17.8. The number of fused-ring (bicyclic) bond motifs is 1. The summed E-state index contributed by atoms with van der Waals surface area (Å²) in [7, 11) is -2.50. The van der Waals surface area contributed by atoms with Crippen LogP contribution in [-0.2, 0) is 21.2 Å². The summed E-state index contributed by atoms with van der Waals surface area (Å²) in [5.74, 6) is -0.263. The van der Waals surface area contributed by atoms with Gasteiger partial charge in [-0.2, -0.15) is 0 Å². The van der Waals surface area contributed by atoms with Crippen LogP contribution in [0.4, 0.5) is 4.79 Å². The topological polar surface area (TPSA) is 130 Å². The van der Waals surface area contributed by atoms with E-state index in [4.69, 9.17) is 9.47 Å². The molecule has 0 saturated carbocycles. The molecule has 238 valence electrons. The van der Waals surface area contributed by atoms with E-state index < -0.39 is 15.9 Å². The largest absolute Gasteiger partial charge is 0.496 e. The highest BCUT2D eigenvalue weighted by atomic mass is 32.2. The zero-order valence-corrected chi connectivity index (χ0v) is 26.7. The van der Waals surface area contributed by atoms with E-state index in [0.29, 0.717) is 50.6 Å². The molecule has 4 aromatic rings. The van der Waals surface area contributed by atoms with E-state index in [9.17, 15) is 18.0 Å². The summed E-state index contributed by atoms with van der Waals surface area (Å²) >= 11 is 0. The van der Waals surface area contributed by atoms with Crippen LogP contribution in [0.3, 0.4) is 0 Å². The van der Waals surface area contributed by atoms with Crippen molar-refractivity contribution in [2.75, 3.05) is 40.0 Å². The Kier molecular flexibility index (Phi) is 10.1. The minimum atomic E-state index is -4.05. The standard InChI is InChI=1S/C34H40N4O6S/c1-4-7-26(27-12-11-25(21-31(27)43-3)33(39)37-45(41,42)32-9-6-5-8-23(32)2)29-22-36-30-13-10-24(20-28(29)30)14-15-35-34(40)38-16-18-44-19-17-38/h5-6,8-13,20-22,26,36H,4,7,14-19H2,1-3H3,(H,35,40)(H,37,39). The zero-order valence-electron chi connectivity index (χ0n) is 25.9. The van der Waals surface area contributed by atoms with Crippen LogP contribution >= 0.6 is 0 Å². The Balaban J connectivity index is 1.36. The third-order valence-electron chi connectivity index (χ3n) is 8.20. The molecule has 2 heterocycles. The average molecular weight is 633 g/mol. The summed E-state index contributed by atoms with van der Waals surface area (Å²) in [5.41, 5.74) is 4.85. The lowest BCUT2D eigenvalue weighted by atomic mass is 9.86. The molecule has 45 heavy (non-hydrogen) atoms. The van der Waals surface area contributed by atoms with Crippen molar-refractivity contribution in [2.45, 2.75) is 43.9 Å². The Morgan fingerprint density at radius 2 is 1.82 bits per heavy atom. The van der Waals surface area contributed by atoms with E-state index in [1.807, 2.05) is 12.3 Å². The molecular weight excluding hydrogens is 592 g/mol. The molecule has 1 aromatic heterocycles. The van der Waals surface area contributed by atoms with Crippen LogP contribution in [0.5, 0.6) is 5.75 Å². The van der Waals surface area contributed by atoms with Gasteiger partial charge in [-0.1, -0.05) is 43.7 Å². The molecule has 10 nitrogen and oxygen atoms in total. The number of sulfonamides is 1.